The number of benzene rings is 2. The van der Waals surface area contributed by atoms with Gasteiger partial charge >= 0.3 is 0 Å². The number of hydrogen-bond acceptors (Lipinski definition) is 1. The smallest absolute Gasteiger partial charge is 0.0902 e. The van der Waals surface area contributed by atoms with Gasteiger partial charge in [-0.25, -0.2) is 0 Å². The molecule has 0 heterocycles. The molecule has 0 bridgehead atoms. The maximum absolute atomic E-state index is 11.3. The van der Waals surface area contributed by atoms with Crippen molar-refractivity contribution in [2.24, 2.45) is 11.8 Å². The molecule has 1 aliphatic carbocycles. The summed E-state index contributed by atoms with van der Waals surface area (Å²) in [6.45, 7) is 4.62. The summed E-state index contributed by atoms with van der Waals surface area (Å²) in [6, 6.07) is 14.8. The summed E-state index contributed by atoms with van der Waals surface area (Å²) in [4.78, 5) is 0. The molecule has 0 aliphatic heterocycles. The third-order valence-electron chi connectivity index (χ3n) is 5.33. The van der Waals surface area contributed by atoms with Crippen molar-refractivity contribution in [3.05, 3.63) is 48.0 Å². The van der Waals surface area contributed by atoms with Crippen LogP contribution in [0.4, 0.5) is 0 Å². The van der Waals surface area contributed by atoms with Crippen molar-refractivity contribution < 1.29 is 5.11 Å². The van der Waals surface area contributed by atoms with Crippen LogP contribution in [0.3, 0.4) is 0 Å². The largest absolute Gasteiger partial charge is 0.385 e. The Balaban J connectivity index is 1.97. The van der Waals surface area contributed by atoms with Crippen LogP contribution < -0.4 is 0 Å². The molecule has 2 atom stereocenters. The molecule has 0 amide bonds. The molecule has 1 N–H and O–H groups in total. The lowest BCUT2D eigenvalue weighted by atomic mass is 9.82. The van der Waals surface area contributed by atoms with Gasteiger partial charge in [0.05, 0.1) is 5.60 Å². The quantitative estimate of drug-likeness (QED) is 0.744. The van der Waals surface area contributed by atoms with Crippen LogP contribution in [-0.2, 0) is 5.60 Å². The Kier molecular flexibility index (Phi) is 4.03. The molecule has 3 rings (SSSR count). The summed E-state index contributed by atoms with van der Waals surface area (Å²) < 4.78 is 0. The van der Waals surface area contributed by atoms with Gasteiger partial charge in [-0.15, -0.1) is 0 Å². The molecule has 112 valence electrons. The van der Waals surface area contributed by atoms with E-state index < -0.39 is 5.60 Å². The normalized spacial score (nSPS) is 27.0. The fourth-order valence-electron chi connectivity index (χ4n) is 3.92. The Bertz CT molecular complexity index is 611. The lowest BCUT2D eigenvalue weighted by Gasteiger charge is -2.29. The summed E-state index contributed by atoms with van der Waals surface area (Å²) in [5.41, 5.74) is 0.481. The highest BCUT2D eigenvalue weighted by Gasteiger charge is 2.34. The number of aliphatic hydroxyl groups is 1. The van der Waals surface area contributed by atoms with E-state index in [2.05, 4.69) is 56.3 Å². The summed E-state index contributed by atoms with van der Waals surface area (Å²) in [5, 5.41) is 13.8. The van der Waals surface area contributed by atoms with E-state index in [-0.39, 0.29) is 0 Å². The maximum Gasteiger partial charge on any atom is 0.0902 e. The zero-order chi connectivity index (χ0) is 14.9. The minimum Gasteiger partial charge on any atom is -0.385 e. The molecule has 1 saturated carbocycles. The van der Waals surface area contributed by atoms with Crippen molar-refractivity contribution >= 4 is 10.8 Å². The van der Waals surface area contributed by atoms with Crippen LogP contribution in [0.2, 0.25) is 0 Å². The Hall–Kier alpha value is -1.34. The lowest BCUT2D eigenvalue weighted by molar-refractivity contribution is 0.0206. The van der Waals surface area contributed by atoms with Crippen LogP contribution in [-0.4, -0.2) is 5.11 Å². The van der Waals surface area contributed by atoms with Crippen LogP contribution in [0.5, 0.6) is 0 Å². The summed E-state index contributed by atoms with van der Waals surface area (Å²) in [5.74, 6) is 1.48. The molecule has 0 aromatic heterocycles. The van der Waals surface area contributed by atoms with Gasteiger partial charge in [0.15, 0.2) is 0 Å². The zero-order valence-electron chi connectivity index (χ0n) is 13.2. The summed E-state index contributed by atoms with van der Waals surface area (Å²) in [7, 11) is 0. The van der Waals surface area contributed by atoms with Crippen molar-refractivity contribution in [2.45, 2.75) is 51.6 Å². The van der Waals surface area contributed by atoms with Gasteiger partial charge in [0, 0.05) is 0 Å². The third kappa shape index (κ3) is 2.85. The molecule has 1 nitrogen and oxygen atoms in total. The number of fused-ring (bicyclic) bond motifs is 1. The van der Waals surface area contributed by atoms with Crippen molar-refractivity contribution in [3.8, 4) is 0 Å². The molecule has 1 fully saturated rings. The van der Waals surface area contributed by atoms with Crippen LogP contribution >= 0.6 is 0 Å². The van der Waals surface area contributed by atoms with Gasteiger partial charge in [-0.05, 0) is 53.9 Å². The average Bonchev–Trinajstić information content (AvgIpc) is 2.69. The van der Waals surface area contributed by atoms with E-state index in [4.69, 9.17) is 0 Å². The van der Waals surface area contributed by atoms with Crippen LogP contribution in [0.25, 0.3) is 10.8 Å². The number of rotatable bonds is 2. The van der Waals surface area contributed by atoms with Crippen molar-refractivity contribution in [3.63, 3.8) is 0 Å². The monoisotopic (exact) mass is 282 g/mol. The molecule has 2 unspecified atom stereocenters. The highest BCUT2D eigenvalue weighted by Crippen LogP contribution is 2.42. The Morgan fingerprint density at radius 2 is 1.76 bits per heavy atom. The van der Waals surface area contributed by atoms with Gasteiger partial charge in [0.2, 0.25) is 0 Å². The summed E-state index contributed by atoms with van der Waals surface area (Å²) >= 11 is 0. The first kappa shape index (κ1) is 14.6. The molecule has 0 spiro atoms. The fourth-order valence-corrected chi connectivity index (χ4v) is 3.92. The highest BCUT2D eigenvalue weighted by molar-refractivity contribution is 5.86. The fraction of sp³-hybridized carbons (Fsp3) is 0.500. The SMILES string of the molecule is CC(C)C1CCCC(O)(c2cccc3ccccc23)CC1. The first-order chi connectivity index (χ1) is 10.1. The highest BCUT2D eigenvalue weighted by atomic mass is 16.3. The first-order valence-corrected chi connectivity index (χ1v) is 8.31. The zero-order valence-corrected chi connectivity index (χ0v) is 13.2. The predicted octanol–water partition coefficient (Wildman–Crippen LogP) is 5.26. The van der Waals surface area contributed by atoms with Gasteiger partial charge < -0.3 is 5.11 Å². The second-order valence-corrected chi connectivity index (χ2v) is 6.99. The Morgan fingerprint density at radius 3 is 2.57 bits per heavy atom. The van der Waals surface area contributed by atoms with Gasteiger partial charge in [-0.2, -0.15) is 0 Å². The Morgan fingerprint density at radius 1 is 1.00 bits per heavy atom. The second-order valence-electron chi connectivity index (χ2n) is 6.99. The second kappa shape index (κ2) is 5.81. The van der Waals surface area contributed by atoms with Crippen LogP contribution in [0.15, 0.2) is 42.5 Å². The van der Waals surface area contributed by atoms with Gasteiger partial charge in [0.1, 0.15) is 0 Å². The van der Waals surface area contributed by atoms with Gasteiger partial charge in [0.25, 0.3) is 0 Å². The Labute approximate surface area is 128 Å². The minimum atomic E-state index is -0.648. The van der Waals surface area contributed by atoms with Crippen LogP contribution in [0, 0.1) is 11.8 Å². The van der Waals surface area contributed by atoms with Gasteiger partial charge in [-0.3, -0.25) is 0 Å². The number of hydrogen-bond donors (Lipinski definition) is 1. The third-order valence-corrected chi connectivity index (χ3v) is 5.33. The molecular formula is C20H26O. The topological polar surface area (TPSA) is 20.2 Å². The van der Waals surface area contributed by atoms with Crippen molar-refractivity contribution in [1.29, 1.82) is 0 Å². The van der Waals surface area contributed by atoms with Gasteiger partial charge in [-0.1, -0.05) is 62.7 Å². The standard InChI is InChI=1S/C20H26O/c1-15(2)16-9-6-13-20(21,14-12-16)19-11-5-8-17-7-3-4-10-18(17)19/h3-5,7-8,10-11,15-16,21H,6,9,12-14H2,1-2H3. The van der Waals surface area contributed by atoms with Crippen molar-refractivity contribution in [1.82, 2.24) is 0 Å². The van der Waals surface area contributed by atoms with E-state index in [1.54, 1.807) is 0 Å². The van der Waals surface area contributed by atoms with E-state index in [0.29, 0.717) is 0 Å². The van der Waals surface area contributed by atoms with E-state index in [1.165, 1.54) is 17.2 Å². The molecule has 21 heavy (non-hydrogen) atoms. The average molecular weight is 282 g/mol. The maximum atomic E-state index is 11.3. The molecular weight excluding hydrogens is 256 g/mol. The lowest BCUT2D eigenvalue weighted by Crippen LogP contribution is -2.25. The molecule has 1 aliphatic rings. The first-order valence-electron chi connectivity index (χ1n) is 8.31. The summed E-state index contributed by atoms with van der Waals surface area (Å²) in [6.07, 6.45) is 5.30. The van der Waals surface area contributed by atoms with E-state index in [0.717, 1.165) is 43.1 Å². The molecule has 2 aromatic rings. The molecule has 0 saturated heterocycles. The minimum absolute atomic E-state index is 0.648. The van der Waals surface area contributed by atoms with E-state index in [1.807, 2.05) is 0 Å². The molecule has 2 aromatic carbocycles. The van der Waals surface area contributed by atoms with E-state index in [9.17, 15) is 5.11 Å². The van der Waals surface area contributed by atoms with Crippen molar-refractivity contribution in [2.75, 3.05) is 0 Å². The predicted molar refractivity (Wildman–Crippen MR) is 89.3 cm³/mol. The van der Waals surface area contributed by atoms with Crippen LogP contribution in [0.1, 0.15) is 51.5 Å². The van der Waals surface area contributed by atoms with E-state index >= 15 is 0 Å². The molecule has 1 heteroatoms. The molecule has 0 radical (unpaired) electrons.